The van der Waals surface area contributed by atoms with Crippen LogP contribution in [0.25, 0.3) is 0 Å². The maximum atomic E-state index is 8.86. The molecule has 0 heterocycles. The number of nitrogens with one attached hydrogen (secondary N) is 1. The molecule has 0 saturated heterocycles. The van der Waals surface area contributed by atoms with E-state index in [1.807, 2.05) is 13.8 Å². The van der Waals surface area contributed by atoms with E-state index in [0.717, 1.165) is 26.1 Å². The van der Waals surface area contributed by atoms with E-state index < -0.39 is 0 Å². The summed E-state index contributed by atoms with van der Waals surface area (Å²) < 4.78 is 0. The second kappa shape index (κ2) is 7.65. The minimum Gasteiger partial charge on any atom is -0.315 e. The predicted molar refractivity (Wildman–Crippen MR) is 69.3 cm³/mol. The molecule has 0 aliphatic heterocycles. The van der Waals surface area contributed by atoms with Crippen molar-refractivity contribution in [3.05, 3.63) is 0 Å². The lowest BCUT2D eigenvalue weighted by Crippen LogP contribution is -2.35. The lowest BCUT2D eigenvalue weighted by molar-refractivity contribution is 0.250. The van der Waals surface area contributed by atoms with E-state index in [1.165, 1.54) is 6.42 Å². The highest BCUT2D eigenvalue weighted by Crippen LogP contribution is 2.16. The molecule has 0 aromatic rings. The Kier molecular flexibility index (Phi) is 7.36. The van der Waals surface area contributed by atoms with Crippen molar-refractivity contribution < 1.29 is 0 Å². The molecule has 0 aromatic heterocycles. The standard InChI is InChI=1S/C13H27N3/c1-6-12(2)16(5)10-9-15-8-7-13(3,4)11-14/h12,15H,6-10H2,1-5H3. The van der Waals surface area contributed by atoms with E-state index in [4.69, 9.17) is 5.26 Å². The quantitative estimate of drug-likeness (QED) is 0.644. The average Bonchev–Trinajstić information content (AvgIpc) is 2.27. The van der Waals surface area contributed by atoms with Crippen molar-refractivity contribution in [1.29, 1.82) is 5.26 Å². The summed E-state index contributed by atoms with van der Waals surface area (Å²) in [6.07, 6.45) is 2.11. The number of likely N-dealkylation sites (N-methyl/N-ethyl adjacent to an activating group) is 1. The van der Waals surface area contributed by atoms with Crippen LogP contribution in [0.15, 0.2) is 0 Å². The molecular weight excluding hydrogens is 198 g/mol. The van der Waals surface area contributed by atoms with Gasteiger partial charge in [0.25, 0.3) is 0 Å². The number of nitrogens with zero attached hydrogens (tertiary/aromatic N) is 2. The van der Waals surface area contributed by atoms with Crippen molar-refractivity contribution in [3.63, 3.8) is 0 Å². The van der Waals surface area contributed by atoms with Gasteiger partial charge in [0.1, 0.15) is 0 Å². The topological polar surface area (TPSA) is 39.1 Å². The van der Waals surface area contributed by atoms with Crippen LogP contribution >= 0.6 is 0 Å². The van der Waals surface area contributed by atoms with Crippen LogP contribution in [-0.4, -0.2) is 37.6 Å². The molecule has 94 valence electrons. The molecule has 0 aliphatic carbocycles. The molecule has 0 radical (unpaired) electrons. The van der Waals surface area contributed by atoms with E-state index in [2.05, 4.69) is 37.2 Å². The van der Waals surface area contributed by atoms with Crippen molar-refractivity contribution in [2.24, 2.45) is 5.41 Å². The minimum absolute atomic E-state index is 0.199. The van der Waals surface area contributed by atoms with Gasteiger partial charge in [0.2, 0.25) is 0 Å². The monoisotopic (exact) mass is 225 g/mol. The van der Waals surface area contributed by atoms with Gasteiger partial charge in [-0.25, -0.2) is 0 Å². The smallest absolute Gasteiger partial charge is 0.0684 e. The highest BCUT2D eigenvalue weighted by atomic mass is 15.1. The molecule has 0 saturated carbocycles. The Morgan fingerprint density at radius 2 is 2.00 bits per heavy atom. The van der Waals surface area contributed by atoms with Crippen molar-refractivity contribution >= 4 is 0 Å². The molecular formula is C13H27N3. The van der Waals surface area contributed by atoms with Crippen LogP contribution in [0.4, 0.5) is 0 Å². The van der Waals surface area contributed by atoms with Gasteiger partial charge < -0.3 is 10.2 Å². The SMILES string of the molecule is CCC(C)N(C)CCNCCC(C)(C)C#N. The molecule has 1 N–H and O–H groups in total. The van der Waals surface area contributed by atoms with E-state index in [0.29, 0.717) is 6.04 Å². The number of hydrogen-bond donors (Lipinski definition) is 1. The van der Waals surface area contributed by atoms with Gasteiger partial charge in [-0.1, -0.05) is 6.92 Å². The highest BCUT2D eigenvalue weighted by molar-refractivity contribution is 4.91. The minimum atomic E-state index is -0.199. The Labute approximate surface area is 101 Å². The Hall–Kier alpha value is -0.590. The summed E-state index contributed by atoms with van der Waals surface area (Å²) in [5, 5.41) is 12.3. The number of nitriles is 1. The summed E-state index contributed by atoms with van der Waals surface area (Å²) in [6, 6.07) is 2.97. The summed E-state index contributed by atoms with van der Waals surface area (Å²) >= 11 is 0. The fourth-order valence-corrected chi connectivity index (χ4v) is 1.37. The second-order valence-corrected chi connectivity index (χ2v) is 5.23. The third-order valence-electron chi connectivity index (χ3n) is 3.21. The van der Waals surface area contributed by atoms with Crippen LogP contribution < -0.4 is 5.32 Å². The Morgan fingerprint density at radius 3 is 2.50 bits per heavy atom. The molecule has 0 rings (SSSR count). The Morgan fingerprint density at radius 1 is 1.38 bits per heavy atom. The summed E-state index contributed by atoms with van der Waals surface area (Å²) in [7, 11) is 2.16. The zero-order valence-corrected chi connectivity index (χ0v) is 11.5. The van der Waals surface area contributed by atoms with Gasteiger partial charge in [-0.3, -0.25) is 0 Å². The molecule has 0 spiro atoms. The van der Waals surface area contributed by atoms with Crippen LogP contribution in [-0.2, 0) is 0 Å². The first kappa shape index (κ1) is 15.4. The van der Waals surface area contributed by atoms with E-state index in [1.54, 1.807) is 0 Å². The largest absolute Gasteiger partial charge is 0.315 e. The lowest BCUT2D eigenvalue weighted by Gasteiger charge is -2.23. The first-order chi connectivity index (χ1) is 7.43. The number of hydrogen-bond acceptors (Lipinski definition) is 3. The van der Waals surface area contributed by atoms with Gasteiger partial charge in [-0.05, 0) is 47.2 Å². The first-order valence-corrected chi connectivity index (χ1v) is 6.25. The zero-order chi connectivity index (χ0) is 12.6. The maximum Gasteiger partial charge on any atom is 0.0684 e. The van der Waals surface area contributed by atoms with Crippen molar-refractivity contribution in [3.8, 4) is 6.07 Å². The molecule has 1 unspecified atom stereocenters. The van der Waals surface area contributed by atoms with Crippen LogP contribution in [0.2, 0.25) is 0 Å². The summed E-state index contributed by atoms with van der Waals surface area (Å²) in [4.78, 5) is 2.36. The molecule has 0 fully saturated rings. The first-order valence-electron chi connectivity index (χ1n) is 6.25. The van der Waals surface area contributed by atoms with Gasteiger partial charge in [0.15, 0.2) is 0 Å². The van der Waals surface area contributed by atoms with Crippen molar-refractivity contribution in [1.82, 2.24) is 10.2 Å². The van der Waals surface area contributed by atoms with Crippen LogP contribution in [0.5, 0.6) is 0 Å². The van der Waals surface area contributed by atoms with Gasteiger partial charge in [-0.15, -0.1) is 0 Å². The van der Waals surface area contributed by atoms with E-state index in [-0.39, 0.29) is 5.41 Å². The van der Waals surface area contributed by atoms with Gasteiger partial charge in [-0.2, -0.15) is 5.26 Å². The fraction of sp³-hybridized carbons (Fsp3) is 0.923. The molecule has 3 heteroatoms. The highest BCUT2D eigenvalue weighted by Gasteiger charge is 2.15. The van der Waals surface area contributed by atoms with Gasteiger partial charge >= 0.3 is 0 Å². The third kappa shape index (κ3) is 6.81. The van der Waals surface area contributed by atoms with Crippen molar-refractivity contribution in [2.45, 2.75) is 46.6 Å². The predicted octanol–water partition coefficient (Wildman–Crippen LogP) is 2.25. The van der Waals surface area contributed by atoms with Crippen LogP contribution in [0.1, 0.15) is 40.5 Å². The third-order valence-corrected chi connectivity index (χ3v) is 3.21. The maximum absolute atomic E-state index is 8.86. The van der Waals surface area contributed by atoms with Gasteiger partial charge in [0, 0.05) is 19.1 Å². The average molecular weight is 225 g/mol. The molecule has 0 aromatic carbocycles. The zero-order valence-electron chi connectivity index (χ0n) is 11.5. The molecule has 0 amide bonds. The summed E-state index contributed by atoms with van der Waals surface area (Å²) in [6.45, 7) is 11.4. The molecule has 0 bridgehead atoms. The molecule has 0 aliphatic rings. The summed E-state index contributed by atoms with van der Waals surface area (Å²) in [5.41, 5.74) is -0.199. The Balaban J connectivity index is 3.52. The second-order valence-electron chi connectivity index (χ2n) is 5.23. The van der Waals surface area contributed by atoms with Crippen LogP contribution in [0.3, 0.4) is 0 Å². The molecule has 1 atom stereocenters. The Bertz CT molecular complexity index is 218. The van der Waals surface area contributed by atoms with E-state index >= 15 is 0 Å². The lowest BCUT2D eigenvalue weighted by atomic mass is 9.91. The van der Waals surface area contributed by atoms with Gasteiger partial charge in [0.05, 0.1) is 11.5 Å². The number of rotatable bonds is 8. The fourth-order valence-electron chi connectivity index (χ4n) is 1.37. The summed E-state index contributed by atoms with van der Waals surface area (Å²) in [5.74, 6) is 0. The molecule has 3 nitrogen and oxygen atoms in total. The normalized spacial score (nSPS) is 13.8. The molecule has 16 heavy (non-hydrogen) atoms. The van der Waals surface area contributed by atoms with Crippen LogP contribution in [0, 0.1) is 16.7 Å². The van der Waals surface area contributed by atoms with Crippen molar-refractivity contribution in [2.75, 3.05) is 26.7 Å². The van der Waals surface area contributed by atoms with E-state index in [9.17, 15) is 0 Å².